The molecular formula is C21H34N6O2. The lowest BCUT2D eigenvalue weighted by Gasteiger charge is -2.05. The lowest BCUT2D eigenvalue weighted by Crippen LogP contribution is -2.15. The first-order valence-electron chi connectivity index (χ1n) is 10.1. The van der Waals surface area contributed by atoms with E-state index in [1.54, 1.807) is 19.3 Å². The van der Waals surface area contributed by atoms with Gasteiger partial charge in [-0.05, 0) is 18.9 Å². The molecule has 1 atom stereocenters. The SMILES string of the molecule is CC.CC(C(=O)O)n1cc(Nc2ncc3ccn(C)c3n2)cn1.CCCC(C)C. The number of aryl methyl sites for hydroxylation is 1. The van der Waals surface area contributed by atoms with E-state index in [4.69, 9.17) is 5.11 Å². The van der Waals surface area contributed by atoms with Gasteiger partial charge in [-0.2, -0.15) is 10.1 Å². The summed E-state index contributed by atoms with van der Waals surface area (Å²) in [5, 5.41) is 16.9. The largest absolute Gasteiger partial charge is 0.480 e. The van der Waals surface area contributed by atoms with E-state index in [0.29, 0.717) is 11.6 Å². The second-order valence-corrected chi connectivity index (χ2v) is 6.93. The van der Waals surface area contributed by atoms with E-state index in [2.05, 4.69) is 41.2 Å². The summed E-state index contributed by atoms with van der Waals surface area (Å²) in [6.07, 6.45) is 9.50. The number of anilines is 2. The van der Waals surface area contributed by atoms with Crippen molar-refractivity contribution >= 4 is 28.6 Å². The number of carbonyl (C=O) groups is 1. The number of carboxylic acids is 1. The van der Waals surface area contributed by atoms with Crippen molar-refractivity contribution in [1.82, 2.24) is 24.3 Å². The van der Waals surface area contributed by atoms with E-state index in [0.717, 1.165) is 17.0 Å². The van der Waals surface area contributed by atoms with Crippen LogP contribution in [0.2, 0.25) is 0 Å². The Balaban J connectivity index is 0.000000454. The fourth-order valence-electron chi connectivity index (χ4n) is 2.54. The molecule has 2 N–H and O–H groups in total. The normalized spacial score (nSPS) is 11.3. The van der Waals surface area contributed by atoms with Crippen LogP contribution in [0.25, 0.3) is 11.0 Å². The zero-order valence-electron chi connectivity index (χ0n) is 18.5. The minimum atomic E-state index is -0.939. The summed E-state index contributed by atoms with van der Waals surface area (Å²) >= 11 is 0. The Bertz CT molecular complexity index is 884. The molecule has 0 bridgehead atoms. The summed E-state index contributed by atoms with van der Waals surface area (Å²) < 4.78 is 3.27. The smallest absolute Gasteiger partial charge is 0.328 e. The van der Waals surface area contributed by atoms with Crippen molar-refractivity contribution in [3.8, 4) is 0 Å². The van der Waals surface area contributed by atoms with Crippen molar-refractivity contribution < 1.29 is 9.90 Å². The van der Waals surface area contributed by atoms with E-state index in [1.807, 2.05) is 37.7 Å². The molecule has 0 amide bonds. The second kappa shape index (κ2) is 11.8. The Morgan fingerprint density at radius 3 is 2.48 bits per heavy atom. The van der Waals surface area contributed by atoms with Crippen LogP contribution in [0.1, 0.15) is 60.4 Å². The van der Waals surface area contributed by atoms with Crippen LogP contribution in [0.5, 0.6) is 0 Å². The Kier molecular flexibility index (Phi) is 9.85. The Hall–Kier alpha value is -2.90. The highest BCUT2D eigenvalue weighted by molar-refractivity contribution is 5.76. The van der Waals surface area contributed by atoms with Crippen molar-refractivity contribution in [2.75, 3.05) is 5.32 Å². The Morgan fingerprint density at radius 1 is 1.24 bits per heavy atom. The number of rotatable bonds is 6. The summed E-state index contributed by atoms with van der Waals surface area (Å²) in [5.74, 6) is 0.396. The molecule has 160 valence electrons. The molecule has 29 heavy (non-hydrogen) atoms. The van der Waals surface area contributed by atoms with Crippen LogP contribution in [-0.4, -0.2) is 35.4 Å². The molecular weight excluding hydrogens is 368 g/mol. The number of aromatic nitrogens is 5. The van der Waals surface area contributed by atoms with Gasteiger partial charge in [-0.1, -0.05) is 47.5 Å². The van der Waals surface area contributed by atoms with Gasteiger partial charge in [0, 0.05) is 31.0 Å². The molecule has 0 saturated heterocycles. The average molecular weight is 403 g/mol. The van der Waals surface area contributed by atoms with Gasteiger partial charge in [0.15, 0.2) is 0 Å². The first-order valence-corrected chi connectivity index (χ1v) is 10.1. The van der Waals surface area contributed by atoms with E-state index in [9.17, 15) is 4.79 Å². The van der Waals surface area contributed by atoms with Gasteiger partial charge in [-0.25, -0.2) is 9.78 Å². The maximum Gasteiger partial charge on any atom is 0.328 e. The maximum absolute atomic E-state index is 10.9. The minimum absolute atomic E-state index is 0.437. The Morgan fingerprint density at radius 2 is 1.93 bits per heavy atom. The molecule has 3 rings (SSSR count). The number of carboxylic acid groups (broad SMARTS) is 1. The topological polar surface area (TPSA) is 97.9 Å². The molecule has 0 spiro atoms. The van der Waals surface area contributed by atoms with E-state index >= 15 is 0 Å². The van der Waals surface area contributed by atoms with Crippen LogP contribution in [0.3, 0.4) is 0 Å². The zero-order valence-corrected chi connectivity index (χ0v) is 18.5. The molecule has 0 aliphatic rings. The summed E-state index contributed by atoms with van der Waals surface area (Å²) in [6.45, 7) is 12.3. The van der Waals surface area contributed by atoms with Gasteiger partial charge in [-0.3, -0.25) is 4.68 Å². The Labute approximate surface area is 173 Å². The van der Waals surface area contributed by atoms with E-state index in [1.165, 1.54) is 23.7 Å². The summed E-state index contributed by atoms with van der Waals surface area (Å²) in [6, 6.07) is 1.21. The molecule has 3 heterocycles. The van der Waals surface area contributed by atoms with Crippen molar-refractivity contribution in [2.24, 2.45) is 13.0 Å². The predicted molar refractivity (Wildman–Crippen MR) is 117 cm³/mol. The minimum Gasteiger partial charge on any atom is -0.480 e. The van der Waals surface area contributed by atoms with Crippen LogP contribution >= 0.6 is 0 Å². The van der Waals surface area contributed by atoms with Crippen LogP contribution in [0.4, 0.5) is 11.6 Å². The number of nitrogens with zero attached hydrogens (tertiary/aromatic N) is 5. The maximum atomic E-state index is 10.9. The van der Waals surface area contributed by atoms with Crippen molar-refractivity contribution in [3.05, 3.63) is 30.9 Å². The van der Waals surface area contributed by atoms with Crippen LogP contribution in [0, 0.1) is 5.92 Å². The standard InChI is InChI=1S/C13H14N6O2.C6H14.C2H6/c1-8(12(20)21)19-7-10(6-15-19)16-13-14-5-9-3-4-18(2)11(9)17-13;1-4-5-6(2)3;1-2/h3-8H,1-2H3,(H,20,21)(H,14,16,17);6H,4-5H2,1-3H3;1-2H3. The second-order valence-electron chi connectivity index (χ2n) is 6.93. The van der Waals surface area contributed by atoms with Crippen LogP contribution in [-0.2, 0) is 11.8 Å². The number of hydrogen-bond acceptors (Lipinski definition) is 5. The van der Waals surface area contributed by atoms with Gasteiger partial charge in [-0.15, -0.1) is 0 Å². The fourth-order valence-corrected chi connectivity index (χ4v) is 2.54. The molecule has 3 aromatic rings. The molecule has 1 unspecified atom stereocenters. The van der Waals surface area contributed by atoms with Gasteiger partial charge in [0.2, 0.25) is 5.95 Å². The summed E-state index contributed by atoms with van der Waals surface area (Å²) in [5.41, 5.74) is 1.45. The van der Waals surface area contributed by atoms with Crippen molar-refractivity contribution in [3.63, 3.8) is 0 Å². The lowest BCUT2D eigenvalue weighted by atomic mass is 10.1. The zero-order chi connectivity index (χ0) is 22.0. The number of aliphatic carboxylic acids is 1. The summed E-state index contributed by atoms with van der Waals surface area (Å²) in [4.78, 5) is 19.5. The highest BCUT2D eigenvalue weighted by Crippen LogP contribution is 2.17. The molecule has 0 saturated carbocycles. The van der Waals surface area contributed by atoms with Crippen LogP contribution in [0.15, 0.2) is 30.9 Å². The molecule has 3 aromatic heterocycles. The van der Waals surface area contributed by atoms with Gasteiger partial charge < -0.3 is 15.0 Å². The van der Waals surface area contributed by atoms with Gasteiger partial charge in [0.25, 0.3) is 0 Å². The molecule has 0 aliphatic carbocycles. The average Bonchev–Trinajstić information content (AvgIpc) is 3.30. The third kappa shape index (κ3) is 7.21. The number of nitrogens with one attached hydrogen (secondary N) is 1. The molecule has 0 radical (unpaired) electrons. The number of hydrogen-bond donors (Lipinski definition) is 2. The van der Waals surface area contributed by atoms with E-state index < -0.39 is 12.0 Å². The monoisotopic (exact) mass is 402 g/mol. The van der Waals surface area contributed by atoms with Gasteiger partial charge >= 0.3 is 5.97 Å². The third-order valence-corrected chi connectivity index (χ3v) is 4.09. The van der Waals surface area contributed by atoms with Crippen molar-refractivity contribution in [1.29, 1.82) is 0 Å². The predicted octanol–water partition coefficient (Wildman–Crippen LogP) is 5.02. The van der Waals surface area contributed by atoms with Crippen molar-refractivity contribution in [2.45, 2.75) is 60.4 Å². The van der Waals surface area contributed by atoms with Gasteiger partial charge in [0.1, 0.15) is 11.7 Å². The number of fused-ring (bicyclic) bond motifs is 1. The molecule has 8 nitrogen and oxygen atoms in total. The molecule has 0 aliphatic heterocycles. The highest BCUT2D eigenvalue weighted by atomic mass is 16.4. The molecule has 0 aromatic carbocycles. The summed E-state index contributed by atoms with van der Waals surface area (Å²) in [7, 11) is 1.91. The molecule has 8 heteroatoms. The van der Waals surface area contributed by atoms with E-state index in [-0.39, 0.29) is 0 Å². The quantitative estimate of drug-likeness (QED) is 0.600. The lowest BCUT2D eigenvalue weighted by molar-refractivity contribution is -0.140. The highest BCUT2D eigenvalue weighted by Gasteiger charge is 2.14. The molecule has 0 fully saturated rings. The van der Waals surface area contributed by atoms with Crippen LogP contribution < -0.4 is 5.32 Å². The fraction of sp³-hybridized carbons (Fsp3) is 0.524. The first kappa shape index (κ1) is 24.1. The van der Waals surface area contributed by atoms with Gasteiger partial charge in [0.05, 0.1) is 11.9 Å². The third-order valence-electron chi connectivity index (χ3n) is 4.09. The first-order chi connectivity index (χ1) is 13.8.